The van der Waals surface area contributed by atoms with E-state index >= 15 is 0 Å². The predicted octanol–water partition coefficient (Wildman–Crippen LogP) is 0.00830. The molecule has 0 aliphatic carbocycles. The van der Waals surface area contributed by atoms with E-state index in [1.54, 1.807) is 14.2 Å². The van der Waals surface area contributed by atoms with Gasteiger partial charge in [-0.3, -0.25) is 0 Å². The van der Waals surface area contributed by atoms with Crippen molar-refractivity contribution in [3.05, 3.63) is 0 Å². The number of hydrogen-bond acceptors (Lipinski definition) is 4. The molecule has 1 atom stereocenters. The van der Waals surface area contributed by atoms with Gasteiger partial charge in [0.05, 0.1) is 18.3 Å². The molecule has 0 saturated carbocycles. The van der Waals surface area contributed by atoms with E-state index in [2.05, 4.69) is 5.32 Å². The maximum absolute atomic E-state index is 9.29. The van der Waals surface area contributed by atoms with E-state index < -0.39 is 6.10 Å². The molecule has 0 amide bonds. The summed E-state index contributed by atoms with van der Waals surface area (Å²) in [6.07, 6.45) is -0.447. The average Bonchev–Trinajstić information content (AvgIpc) is 2.05. The van der Waals surface area contributed by atoms with Gasteiger partial charge in [-0.25, -0.2) is 0 Å². The van der Waals surface area contributed by atoms with Crippen molar-refractivity contribution in [1.82, 2.24) is 5.32 Å². The third-order valence-electron chi connectivity index (χ3n) is 1.84. The summed E-state index contributed by atoms with van der Waals surface area (Å²) in [5.74, 6) is 0. The van der Waals surface area contributed by atoms with Crippen LogP contribution in [0.3, 0.4) is 0 Å². The van der Waals surface area contributed by atoms with Crippen LogP contribution in [-0.2, 0) is 9.47 Å². The second-order valence-electron chi connectivity index (χ2n) is 3.70. The lowest BCUT2D eigenvalue weighted by molar-refractivity contribution is 0.0164. The van der Waals surface area contributed by atoms with Gasteiger partial charge >= 0.3 is 0 Å². The lowest BCUT2D eigenvalue weighted by Gasteiger charge is -2.23. The summed E-state index contributed by atoms with van der Waals surface area (Å²) in [4.78, 5) is 0. The second kappa shape index (κ2) is 6.32. The highest BCUT2D eigenvalue weighted by Crippen LogP contribution is 2.04. The summed E-state index contributed by atoms with van der Waals surface area (Å²) in [5, 5.41) is 12.4. The number of nitrogens with one attached hydrogen (secondary N) is 1. The Bertz CT molecular complexity index is 128. The number of aliphatic hydroxyl groups excluding tert-OH is 1. The van der Waals surface area contributed by atoms with Gasteiger partial charge in [0.2, 0.25) is 0 Å². The minimum Gasteiger partial charge on any atom is -0.389 e. The Morgan fingerprint density at radius 2 is 2.00 bits per heavy atom. The summed E-state index contributed by atoms with van der Waals surface area (Å²) >= 11 is 0. The lowest BCUT2D eigenvalue weighted by Crippen LogP contribution is -2.40. The maximum atomic E-state index is 9.29. The normalized spacial score (nSPS) is 14.5. The van der Waals surface area contributed by atoms with Gasteiger partial charge in [0.15, 0.2) is 0 Å². The molecule has 0 aromatic carbocycles. The minimum absolute atomic E-state index is 0.188. The van der Waals surface area contributed by atoms with E-state index in [0.29, 0.717) is 19.7 Å². The van der Waals surface area contributed by atoms with Crippen molar-refractivity contribution in [1.29, 1.82) is 0 Å². The first-order chi connectivity index (χ1) is 6.02. The van der Waals surface area contributed by atoms with Crippen molar-refractivity contribution >= 4 is 0 Å². The van der Waals surface area contributed by atoms with Crippen LogP contribution in [0.4, 0.5) is 0 Å². The van der Waals surface area contributed by atoms with Crippen LogP contribution in [0.1, 0.15) is 13.8 Å². The van der Waals surface area contributed by atoms with Crippen LogP contribution in [0.2, 0.25) is 0 Å². The molecule has 80 valence electrons. The Morgan fingerprint density at radius 3 is 2.46 bits per heavy atom. The molecule has 0 saturated heterocycles. The number of aliphatic hydroxyl groups is 1. The summed E-state index contributed by atoms with van der Waals surface area (Å²) < 4.78 is 10.00. The molecule has 0 aliphatic heterocycles. The van der Waals surface area contributed by atoms with Gasteiger partial charge in [-0.05, 0) is 13.8 Å². The van der Waals surface area contributed by atoms with Crippen LogP contribution in [0.15, 0.2) is 0 Å². The van der Waals surface area contributed by atoms with Crippen molar-refractivity contribution in [2.75, 3.05) is 33.9 Å². The standard InChI is InChI=1S/C9H21NO3/c1-9(2,13-4)7-10-5-8(11)6-12-3/h8,10-11H,5-7H2,1-4H3. The Balaban J connectivity index is 3.44. The van der Waals surface area contributed by atoms with E-state index in [1.165, 1.54) is 0 Å². The van der Waals surface area contributed by atoms with Crippen molar-refractivity contribution in [2.45, 2.75) is 25.6 Å². The molecule has 0 aliphatic rings. The highest BCUT2D eigenvalue weighted by molar-refractivity contribution is 4.72. The zero-order valence-corrected chi connectivity index (χ0v) is 8.96. The van der Waals surface area contributed by atoms with Crippen molar-refractivity contribution in [3.63, 3.8) is 0 Å². The molecule has 2 N–H and O–H groups in total. The maximum Gasteiger partial charge on any atom is 0.0897 e. The molecule has 0 fully saturated rings. The van der Waals surface area contributed by atoms with Crippen LogP contribution >= 0.6 is 0 Å². The van der Waals surface area contributed by atoms with Crippen LogP contribution in [0.25, 0.3) is 0 Å². The second-order valence-corrected chi connectivity index (χ2v) is 3.70. The third-order valence-corrected chi connectivity index (χ3v) is 1.84. The molecule has 0 radical (unpaired) electrons. The van der Waals surface area contributed by atoms with Crippen molar-refractivity contribution < 1.29 is 14.6 Å². The molecule has 0 spiro atoms. The zero-order valence-electron chi connectivity index (χ0n) is 8.96. The highest BCUT2D eigenvalue weighted by Gasteiger charge is 2.15. The van der Waals surface area contributed by atoms with Crippen LogP contribution in [0.5, 0.6) is 0 Å². The first-order valence-electron chi connectivity index (χ1n) is 4.44. The number of hydrogen-bond donors (Lipinski definition) is 2. The molecule has 0 aromatic heterocycles. The molecular formula is C9H21NO3. The molecular weight excluding hydrogens is 170 g/mol. The van der Waals surface area contributed by atoms with Gasteiger partial charge in [0.1, 0.15) is 0 Å². The zero-order chi connectivity index (χ0) is 10.3. The summed E-state index contributed by atoms with van der Waals surface area (Å²) in [5.41, 5.74) is -0.188. The SMILES string of the molecule is COCC(O)CNCC(C)(C)OC. The quantitative estimate of drug-likeness (QED) is 0.595. The highest BCUT2D eigenvalue weighted by atomic mass is 16.5. The van der Waals surface area contributed by atoms with Gasteiger partial charge in [-0.2, -0.15) is 0 Å². The molecule has 13 heavy (non-hydrogen) atoms. The molecule has 0 bridgehead atoms. The minimum atomic E-state index is -0.447. The van der Waals surface area contributed by atoms with Crippen LogP contribution < -0.4 is 5.32 Å². The van der Waals surface area contributed by atoms with Gasteiger partial charge in [-0.15, -0.1) is 0 Å². The fourth-order valence-electron chi connectivity index (χ4n) is 0.863. The van der Waals surface area contributed by atoms with Gasteiger partial charge < -0.3 is 19.9 Å². The van der Waals surface area contributed by atoms with E-state index in [0.717, 1.165) is 0 Å². The van der Waals surface area contributed by atoms with Gasteiger partial charge in [-0.1, -0.05) is 0 Å². The molecule has 0 heterocycles. The van der Waals surface area contributed by atoms with E-state index in [9.17, 15) is 5.11 Å². The van der Waals surface area contributed by atoms with Crippen molar-refractivity contribution in [3.8, 4) is 0 Å². The Morgan fingerprint density at radius 1 is 1.38 bits per heavy atom. The largest absolute Gasteiger partial charge is 0.389 e. The predicted molar refractivity (Wildman–Crippen MR) is 51.8 cm³/mol. The van der Waals surface area contributed by atoms with Crippen LogP contribution in [0, 0.1) is 0 Å². The molecule has 0 aromatic rings. The first-order valence-corrected chi connectivity index (χ1v) is 4.44. The first kappa shape index (κ1) is 12.8. The summed E-state index contributed by atoms with van der Waals surface area (Å²) in [6, 6.07) is 0. The smallest absolute Gasteiger partial charge is 0.0897 e. The number of methoxy groups -OCH3 is 2. The monoisotopic (exact) mass is 191 g/mol. The fraction of sp³-hybridized carbons (Fsp3) is 1.00. The molecule has 4 heteroatoms. The number of ether oxygens (including phenoxy) is 2. The number of rotatable bonds is 7. The molecule has 0 rings (SSSR count). The topological polar surface area (TPSA) is 50.7 Å². The molecule has 1 unspecified atom stereocenters. The van der Waals surface area contributed by atoms with E-state index in [-0.39, 0.29) is 5.60 Å². The Kier molecular flexibility index (Phi) is 6.24. The van der Waals surface area contributed by atoms with E-state index in [4.69, 9.17) is 9.47 Å². The average molecular weight is 191 g/mol. The molecule has 4 nitrogen and oxygen atoms in total. The summed E-state index contributed by atoms with van der Waals surface area (Å²) in [6.45, 7) is 5.58. The van der Waals surface area contributed by atoms with Crippen molar-refractivity contribution in [2.24, 2.45) is 0 Å². The van der Waals surface area contributed by atoms with E-state index in [1.807, 2.05) is 13.8 Å². The fourth-order valence-corrected chi connectivity index (χ4v) is 0.863. The Labute approximate surface area is 80.2 Å². The summed E-state index contributed by atoms with van der Waals surface area (Å²) in [7, 11) is 3.25. The van der Waals surface area contributed by atoms with Gasteiger partial charge in [0, 0.05) is 27.3 Å². The lowest BCUT2D eigenvalue weighted by atomic mass is 10.1. The Hall–Kier alpha value is -0.160. The van der Waals surface area contributed by atoms with Gasteiger partial charge in [0.25, 0.3) is 0 Å². The van der Waals surface area contributed by atoms with Crippen LogP contribution in [-0.4, -0.2) is 50.7 Å². The third kappa shape index (κ3) is 6.95.